The molecule has 0 bridgehead atoms. The van der Waals surface area contributed by atoms with E-state index in [1.54, 1.807) is 11.8 Å². The Balaban J connectivity index is 1.26. The van der Waals surface area contributed by atoms with Crippen LogP contribution in [0.2, 0.25) is 0 Å². The molecule has 2 saturated heterocycles. The van der Waals surface area contributed by atoms with Gasteiger partial charge in [0.15, 0.2) is 5.82 Å². The summed E-state index contributed by atoms with van der Waals surface area (Å²) < 4.78 is 5.03. The lowest BCUT2D eigenvalue weighted by atomic mass is 9.93. The van der Waals surface area contributed by atoms with Gasteiger partial charge in [-0.15, -0.1) is 0 Å². The molecule has 1 atom stereocenters. The minimum Gasteiger partial charge on any atom is -0.341 e. The number of aryl methyl sites for hydroxylation is 1. The maximum atomic E-state index is 12.7. The zero-order valence-electron chi connectivity index (χ0n) is 16.2. The van der Waals surface area contributed by atoms with Crippen molar-refractivity contribution in [3.63, 3.8) is 0 Å². The van der Waals surface area contributed by atoms with E-state index in [-0.39, 0.29) is 24.3 Å². The number of hydrogen-bond donors (Lipinski definition) is 0. The van der Waals surface area contributed by atoms with E-state index in [4.69, 9.17) is 4.52 Å². The van der Waals surface area contributed by atoms with Crippen LogP contribution in [0.5, 0.6) is 0 Å². The fourth-order valence-corrected chi connectivity index (χ4v) is 4.21. The first kappa shape index (κ1) is 18.7. The van der Waals surface area contributed by atoms with E-state index in [9.17, 15) is 9.59 Å². The van der Waals surface area contributed by atoms with Gasteiger partial charge in [-0.25, -0.2) is 0 Å². The smallest absolute Gasteiger partial charge is 0.242 e. The Morgan fingerprint density at radius 1 is 1.21 bits per heavy atom. The van der Waals surface area contributed by atoms with Crippen molar-refractivity contribution in [1.29, 1.82) is 0 Å². The molecule has 7 nitrogen and oxygen atoms in total. The van der Waals surface area contributed by atoms with Crippen LogP contribution in [0.25, 0.3) is 0 Å². The average molecular weight is 382 g/mol. The Bertz CT molecular complexity index is 827. The van der Waals surface area contributed by atoms with Crippen LogP contribution in [0, 0.1) is 12.8 Å². The monoisotopic (exact) mass is 382 g/mol. The molecule has 28 heavy (non-hydrogen) atoms. The van der Waals surface area contributed by atoms with Crippen molar-refractivity contribution in [2.24, 2.45) is 5.92 Å². The molecule has 148 valence electrons. The fourth-order valence-electron chi connectivity index (χ4n) is 4.21. The van der Waals surface area contributed by atoms with Crippen LogP contribution in [-0.2, 0) is 16.0 Å². The first-order chi connectivity index (χ1) is 13.6. The summed E-state index contributed by atoms with van der Waals surface area (Å²) in [6.45, 7) is 4.06. The molecule has 2 amide bonds. The molecule has 0 aliphatic carbocycles. The maximum absolute atomic E-state index is 12.7. The van der Waals surface area contributed by atoms with E-state index in [0.29, 0.717) is 24.8 Å². The van der Waals surface area contributed by atoms with E-state index >= 15 is 0 Å². The van der Waals surface area contributed by atoms with Crippen LogP contribution in [0.1, 0.15) is 42.5 Å². The molecule has 2 aromatic rings. The molecule has 0 N–H and O–H groups in total. The van der Waals surface area contributed by atoms with Crippen LogP contribution < -0.4 is 0 Å². The summed E-state index contributed by atoms with van der Waals surface area (Å²) in [5, 5.41) is 3.96. The summed E-state index contributed by atoms with van der Waals surface area (Å²) in [7, 11) is 0. The third kappa shape index (κ3) is 4.24. The topological polar surface area (TPSA) is 79.5 Å². The number of amides is 2. The van der Waals surface area contributed by atoms with Gasteiger partial charge in [-0.3, -0.25) is 9.59 Å². The second kappa shape index (κ2) is 8.12. The molecule has 0 unspecified atom stereocenters. The second-order valence-electron chi connectivity index (χ2n) is 7.84. The van der Waals surface area contributed by atoms with Gasteiger partial charge in [0, 0.05) is 45.3 Å². The Morgan fingerprint density at radius 3 is 2.64 bits per heavy atom. The summed E-state index contributed by atoms with van der Waals surface area (Å²) in [6, 6.07) is 10.1. The molecular weight excluding hydrogens is 356 g/mol. The summed E-state index contributed by atoms with van der Waals surface area (Å²) in [5.41, 5.74) is 1.17. The van der Waals surface area contributed by atoms with Gasteiger partial charge < -0.3 is 14.3 Å². The fraction of sp³-hybridized carbons (Fsp3) is 0.524. The minimum atomic E-state index is 0.0518. The Kier molecular flexibility index (Phi) is 5.41. The summed E-state index contributed by atoms with van der Waals surface area (Å²) in [4.78, 5) is 32.9. The molecule has 1 aromatic carbocycles. The standard InChI is InChI=1S/C21H26N4O3/c1-15-22-19(23-28-15)11-16-7-9-24(10-8-16)21(27)14-25-13-18(12-20(25)26)17-5-3-2-4-6-17/h2-6,16,18H,7-14H2,1H3/t18-/m0/s1. The first-order valence-electron chi connectivity index (χ1n) is 9.98. The molecule has 0 spiro atoms. The van der Waals surface area contributed by atoms with E-state index < -0.39 is 0 Å². The highest BCUT2D eigenvalue weighted by Crippen LogP contribution is 2.28. The lowest BCUT2D eigenvalue weighted by Crippen LogP contribution is -2.44. The molecule has 2 aliphatic rings. The second-order valence-corrected chi connectivity index (χ2v) is 7.84. The molecule has 1 aromatic heterocycles. The number of nitrogens with zero attached hydrogens (tertiary/aromatic N) is 4. The van der Waals surface area contributed by atoms with Crippen LogP contribution in [0.4, 0.5) is 0 Å². The van der Waals surface area contributed by atoms with Crippen molar-refractivity contribution in [2.75, 3.05) is 26.2 Å². The normalized spacial score (nSPS) is 20.8. The van der Waals surface area contributed by atoms with Crippen molar-refractivity contribution in [2.45, 2.75) is 38.5 Å². The van der Waals surface area contributed by atoms with Gasteiger partial charge in [-0.2, -0.15) is 4.98 Å². The predicted octanol–water partition coefficient (Wildman–Crippen LogP) is 2.18. The Labute approximate surface area is 164 Å². The average Bonchev–Trinajstić information content (AvgIpc) is 3.28. The van der Waals surface area contributed by atoms with Gasteiger partial charge >= 0.3 is 0 Å². The maximum Gasteiger partial charge on any atom is 0.242 e. The molecule has 3 heterocycles. The number of piperidine rings is 1. The van der Waals surface area contributed by atoms with E-state index in [1.807, 2.05) is 23.1 Å². The Hall–Kier alpha value is -2.70. The third-order valence-corrected chi connectivity index (χ3v) is 5.82. The Morgan fingerprint density at radius 2 is 1.96 bits per heavy atom. The zero-order chi connectivity index (χ0) is 19.5. The van der Waals surface area contributed by atoms with Gasteiger partial charge in [0.25, 0.3) is 0 Å². The zero-order valence-corrected chi connectivity index (χ0v) is 16.2. The molecule has 7 heteroatoms. The predicted molar refractivity (Wildman–Crippen MR) is 102 cm³/mol. The van der Waals surface area contributed by atoms with Crippen molar-refractivity contribution >= 4 is 11.8 Å². The number of likely N-dealkylation sites (tertiary alicyclic amines) is 2. The number of carbonyl (C=O) groups excluding carboxylic acids is 2. The van der Waals surface area contributed by atoms with E-state index in [2.05, 4.69) is 22.3 Å². The van der Waals surface area contributed by atoms with Crippen molar-refractivity contribution in [1.82, 2.24) is 19.9 Å². The summed E-state index contributed by atoms with van der Waals surface area (Å²) >= 11 is 0. The first-order valence-corrected chi connectivity index (χ1v) is 9.98. The highest BCUT2D eigenvalue weighted by molar-refractivity contribution is 5.86. The van der Waals surface area contributed by atoms with E-state index in [1.165, 1.54) is 5.56 Å². The highest BCUT2D eigenvalue weighted by Gasteiger charge is 2.33. The van der Waals surface area contributed by atoms with Gasteiger partial charge in [0.1, 0.15) is 0 Å². The third-order valence-electron chi connectivity index (χ3n) is 5.82. The quantitative estimate of drug-likeness (QED) is 0.792. The number of aromatic nitrogens is 2. The van der Waals surface area contributed by atoms with Crippen molar-refractivity contribution in [3.05, 3.63) is 47.6 Å². The lowest BCUT2D eigenvalue weighted by Gasteiger charge is -2.32. The largest absolute Gasteiger partial charge is 0.341 e. The van der Waals surface area contributed by atoms with Crippen molar-refractivity contribution in [3.8, 4) is 0 Å². The molecular formula is C21H26N4O3. The van der Waals surface area contributed by atoms with Crippen LogP contribution in [0.15, 0.2) is 34.9 Å². The van der Waals surface area contributed by atoms with Gasteiger partial charge in [-0.05, 0) is 24.3 Å². The highest BCUT2D eigenvalue weighted by atomic mass is 16.5. The van der Waals surface area contributed by atoms with Gasteiger partial charge in [0.05, 0.1) is 6.54 Å². The van der Waals surface area contributed by atoms with Crippen LogP contribution in [-0.4, -0.2) is 57.9 Å². The van der Waals surface area contributed by atoms with Gasteiger partial charge in [-0.1, -0.05) is 35.5 Å². The molecule has 2 aliphatic heterocycles. The van der Waals surface area contributed by atoms with E-state index in [0.717, 1.165) is 38.2 Å². The minimum absolute atomic E-state index is 0.0518. The number of hydrogen-bond acceptors (Lipinski definition) is 5. The molecule has 0 saturated carbocycles. The lowest BCUT2D eigenvalue weighted by molar-refractivity contribution is -0.139. The number of rotatable bonds is 5. The molecule has 4 rings (SSSR count). The number of benzene rings is 1. The summed E-state index contributed by atoms with van der Waals surface area (Å²) in [5.74, 6) is 2.12. The molecule has 2 fully saturated rings. The SMILES string of the molecule is Cc1nc(CC2CCN(C(=O)CN3C[C@@H](c4ccccc4)CC3=O)CC2)no1. The van der Waals surface area contributed by atoms with Crippen LogP contribution in [0.3, 0.4) is 0 Å². The van der Waals surface area contributed by atoms with Gasteiger partial charge in [0.2, 0.25) is 17.7 Å². The summed E-state index contributed by atoms with van der Waals surface area (Å²) in [6.07, 6.45) is 3.14. The molecule has 0 radical (unpaired) electrons. The van der Waals surface area contributed by atoms with Crippen molar-refractivity contribution < 1.29 is 14.1 Å². The van der Waals surface area contributed by atoms with Crippen LogP contribution >= 0.6 is 0 Å². The number of carbonyl (C=O) groups is 2.